The van der Waals surface area contributed by atoms with Crippen molar-refractivity contribution in [2.75, 3.05) is 11.6 Å². The first-order chi connectivity index (χ1) is 12.3. The van der Waals surface area contributed by atoms with Crippen LogP contribution in [0.5, 0.6) is 0 Å². The molecule has 0 saturated heterocycles. The highest BCUT2D eigenvalue weighted by molar-refractivity contribution is 5.91. The van der Waals surface area contributed by atoms with Crippen molar-refractivity contribution in [2.24, 2.45) is 12.1 Å². The van der Waals surface area contributed by atoms with Crippen molar-refractivity contribution in [3.8, 4) is 0 Å². The quantitative estimate of drug-likeness (QED) is 0.783. The zero-order chi connectivity index (χ0) is 19.2. The first kappa shape index (κ1) is 17.9. The predicted octanol–water partition coefficient (Wildman–Crippen LogP) is 1.81. The van der Waals surface area contributed by atoms with Gasteiger partial charge in [-0.3, -0.25) is 18.5 Å². The minimum absolute atomic E-state index is 0.125. The molecule has 0 aliphatic carbocycles. The van der Waals surface area contributed by atoms with Gasteiger partial charge in [0.2, 0.25) is 5.95 Å². The summed E-state index contributed by atoms with van der Waals surface area (Å²) in [7, 11) is 1.63. The number of allylic oxidation sites excluding steroid dienone is 2. The highest BCUT2D eigenvalue weighted by Crippen LogP contribution is 2.29. The standard InChI is InChI=1S/C18H24N6O2/c1-7-8-9-23-17-19-15-14(24(17)13(5)12(4)20-23)16(25)22(10-11(2)3)18(26)21(15)6/h7-8,13H,2,9-10H2,1,3-6H3/b8-7+/t13-/m0/s1. The molecule has 0 spiro atoms. The van der Waals surface area contributed by atoms with Crippen molar-refractivity contribution < 1.29 is 0 Å². The lowest BCUT2D eigenvalue weighted by Gasteiger charge is -2.28. The van der Waals surface area contributed by atoms with Crippen LogP contribution in [-0.4, -0.2) is 30.9 Å². The fourth-order valence-electron chi connectivity index (χ4n) is 3.12. The van der Waals surface area contributed by atoms with Crippen LogP contribution in [0.15, 0.2) is 39.0 Å². The maximum Gasteiger partial charge on any atom is 0.332 e. The van der Waals surface area contributed by atoms with Gasteiger partial charge in [0.05, 0.1) is 24.8 Å². The van der Waals surface area contributed by atoms with Crippen LogP contribution in [-0.2, 0) is 13.6 Å². The van der Waals surface area contributed by atoms with E-state index in [-0.39, 0.29) is 18.1 Å². The largest absolute Gasteiger partial charge is 0.332 e. The van der Waals surface area contributed by atoms with Crippen LogP contribution in [0.4, 0.5) is 5.95 Å². The van der Waals surface area contributed by atoms with E-state index < -0.39 is 5.69 Å². The van der Waals surface area contributed by atoms with Gasteiger partial charge in [-0.15, -0.1) is 0 Å². The molecule has 0 bridgehead atoms. The van der Waals surface area contributed by atoms with E-state index in [0.717, 1.165) is 11.3 Å². The Bertz CT molecular complexity index is 1070. The monoisotopic (exact) mass is 356 g/mol. The molecule has 0 unspecified atom stereocenters. The number of aromatic nitrogens is 4. The molecule has 8 nitrogen and oxygen atoms in total. The summed E-state index contributed by atoms with van der Waals surface area (Å²) in [6.45, 7) is 12.2. The van der Waals surface area contributed by atoms with Crippen molar-refractivity contribution in [3.63, 3.8) is 0 Å². The third kappa shape index (κ3) is 2.61. The molecule has 0 fully saturated rings. The minimum Gasteiger partial charge on any atom is -0.294 e. The lowest BCUT2D eigenvalue weighted by Crippen LogP contribution is -2.40. The summed E-state index contributed by atoms with van der Waals surface area (Å²) in [5.41, 5.74) is 1.65. The molecule has 0 saturated carbocycles. The third-order valence-electron chi connectivity index (χ3n) is 4.60. The van der Waals surface area contributed by atoms with Crippen molar-refractivity contribution in [2.45, 2.75) is 40.3 Å². The molecular weight excluding hydrogens is 332 g/mol. The number of hydrogen-bond acceptors (Lipinski definition) is 5. The maximum atomic E-state index is 13.1. The van der Waals surface area contributed by atoms with E-state index in [1.807, 2.05) is 37.5 Å². The highest BCUT2D eigenvalue weighted by atomic mass is 16.2. The molecule has 3 heterocycles. The fraction of sp³-hybridized carbons (Fsp3) is 0.444. The number of hydrazone groups is 1. The van der Waals surface area contributed by atoms with Gasteiger partial charge < -0.3 is 0 Å². The summed E-state index contributed by atoms with van der Waals surface area (Å²) >= 11 is 0. The number of fused-ring (bicyclic) bond motifs is 3. The summed E-state index contributed by atoms with van der Waals surface area (Å²) < 4.78 is 4.50. The van der Waals surface area contributed by atoms with Gasteiger partial charge in [0.25, 0.3) is 5.56 Å². The summed E-state index contributed by atoms with van der Waals surface area (Å²) in [6.07, 6.45) is 3.90. The number of rotatable bonds is 4. The molecule has 26 heavy (non-hydrogen) atoms. The van der Waals surface area contributed by atoms with Crippen LogP contribution < -0.4 is 16.3 Å². The number of nitrogens with zero attached hydrogens (tertiary/aromatic N) is 6. The first-order valence-electron chi connectivity index (χ1n) is 8.57. The molecule has 1 aliphatic heterocycles. The van der Waals surface area contributed by atoms with Crippen molar-refractivity contribution in [1.82, 2.24) is 18.7 Å². The Labute approximate surface area is 151 Å². The van der Waals surface area contributed by atoms with E-state index in [1.165, 1.54) is 9.13 Å². The SMILES string of the molecule is C=C(C)Cn1c(=O)c2c(nc3n2[C@@H](C)C(C)=NN3C/C=C/C)n(C)c1=O. The van der Waals surface area contributed by atoms with Crippen LogP contribution in [0.25, 0.3) is 11.2 Å². The second kappa shape index (κ2) is 6.44. The van der Waals surface area contributed by atoms with Crippen LogP contribution in [0, 0.1) is 0 Å². The molecule has 1 aliphatic rings. The molecule has 1 atom stereocenters. The molecule has 0 N–H and O–H groups in total. The molecule has 0 aromatic carbocycles. The van der Waals surface area contributed by atoms with Gasteiger partial charge >= 0.3 is 5.69 Å². The Morgan fingerprint density at radius 1 is 1.35 bits per heavy atom. The molecule has 0 amide bonds. The van der Waals surface area contributed by atoms with Crippen LogP contribution >= 0.6 is 0 Å². The van der Waals surface area contributed by atoms with E-state index in [0.29, 0.717) is 23.7 Å². The van der Waals surface area contributed by atoms with E-state index in [4.69, 9.17) is 0 Å². The van der Waals surface area contributed by atoms with Gasteiger partial charge in [-0.25, -0.2) is 9.80 Å². The number of anilines is 1. The van der Waals surface area contributed by atoms with Gasteiger partial charge in [-0.05, 0) is 27.7 Å². The van der Waals surface area contributed by atoms with Gasteiger partial charge in [0, 0.05) is 7.05 Å². The summed E-state index contributed by atoms with van der Waals surface area (Å²) in [5, 5.41) is 6.35. The average Bonchev–Trinajstić information content (AvgIpc) is 2.99. The van der Waals surface area contributed by atoms with E-state index in [9.17, 15) is 9.59 Å². The molecule has 0 radical (unpaired) electrons. The Kier molecular flexibility index (Phi) is 4.43. The molecule has 3 rings (SSSR count). The van der Waals surface area contributed by atoms with Crippen molar-refractivity contribution >= 4 is 22.8 Å². The number of hydrogen-bond donors (Lipinski definition) is 0. The predicted molar refractivity (Wildman–Crippen MR) is 104 cm³/mol. The summed E-state index contributed by atoms with van der Waals surface area (Å²) in [5.74, 6) is 0.566. The van der Waals surface area contributed by atoms with Gasteiger partial charge in [0.1, 0.15) is 0 Å². The Balaban J connectivity index is 2.38. The van der Waals surface area contributed by atoms with Crippen LogP contribution in [0.3, 0.4) is 0 Å². The van der Waals surface area contributed by atoms with Gasteiger partial charge in [-0.2, -0.15) is 10.1 Å². The van der Waals surface area contributed by atoms with E-state index in [2.05, 4.69) is 16.7 Å². The maximum absolute atomic E-state index is 13.1. The summed E-state index contributed by atoms with van der Waals surface area (Å²) in [4.78, 5) is 30.3. The number of aryl methyl sites for hydroxylation is 1. The van der Waals surface area contributed by atoms with Crippen molar-refractivity contribution in [1.29, 1.82) is 0 Å². The number of imidazole rings is 1. The van der Waals surface area contributed by atoms with Crippen LogP contribution in [0.1, 0.15) is 33.7 Å². The van der Waals surface area contributed by atoms with E-state index >= 15 is 0 Å². The normalized spacial score (nSPS) is 17.0. The zero-order valence-corrected chi connectivity index (χ0v) is 15.9. The molecule has 2 aromatic heterocycles. The molecular formula is C18H24N6O2. The van der Waals surface area contributed by atoms with Crippen molar-refractivity contribution in [3.05, 3.63) is 45.1 Å². The minimum atomic E-state index is -0.397. The average molecular weight is 356 g/mol. The second-order valence-corrected chi connectivity index (χ2v) is 6.71. The third-order valence-corrected chi connectivity index (χ3v) is 4.60. The van der Waals surface area contributed by atoms with Gasteiger partial charge in [0.15, 0.2) is 11.2 Å². The smallest absolute Gasteiger partial charge is 0.294 e. The van der Waals surface area contributed by atoms with Gasteiger partial charge in [-0.1, -0.05) is 24.3 Å². The Morgan fingerprint density at radius 2 is 2.04 bits per heavy atom. The molecule has 8 heteroatoms. The zero-order valence-electron chi connectivity index (χ0n) is 15.9. The second-order valence-electron chi connectivity index (χ2n) is 6.71. The molecule has 2 aromatic rings. The first-order valence-corrected chi connectivity index (χ1v) is 8.57. The topological polar surface area (TPSA) is 77.4 Å². The Hall–Kier alpha value is -2.90. The highest BCUT2D eigenvalue weighted by Gasteiger charge is 2.30. The lowest BCUT2D eigenvalue weighted by atomic mass is 10.2. The summed E-state index contributed by atoms with van der Waals surface area (Å²) in [6, 6.07) is -0.125. The lowest BCUT2D eigenvalue weighted by molar-refractivity contribution is 0.631. The Morgan fingerprint density at radius 3 is 2.65 bits per heavy atom. The van der Waals surface area contributed by atoms with Crippen LogP contribution in [0.2, 0.25) is 0 Å². The fourth-order valence-corrected chi connectivity index (χ4v) is 3.12. The van der Waals surface area contributed by atoms with E-state index in [1.54, 1.807) is 19.0 Å². The molecule has 138 valence electrons.